The van der Waals surface area contributed by atoms with Crippen molar-refractivity contribution in [3.63, 3.8) is 0 Å². The predicted molar refractivity (Wildman–Crippen MR) is 106 cm³/mol. The van der Waals surface area contributed by atoms with Crippen molar-refractivity contribution in [2.24, 2.45) is 0 Å². The van der Waals surface area contributed by atoms with E-state index in [-0.39, 0.29) is 0 Å². The summed E-state index contributed by atoms with van der Waals surface area (Å²) >= 11 is 1.41. The number of esters is 1. The van der Waals surface area contributed by atoms with E-state index in [1.54, 1.807) is 0 Å². The predicted octanol–water partition coefficient (Wildman–Crippen LogP) is 3.98. The van der Waals surface area contributed by atoms with Crippen molar-refractivity contribution >= 4 is 28.2 Å². The average molecular weight is 416 g/mol. The highest BCUT2D eigenvalue weighted by Gasteiger charge is 2.32. The Hall–Kier alpha value is -2.92. The Balaban J connectivity index is 1.57. The third-order valence-corrected chi connectivity index (χ3v) is 5.76. The number of ether oxygens (including phenoxy) is 2. The molecule has 0 unspecified atom stereocenters. The van der Waals surface area contributed by atoms with Crippen LogP contribution < -0.4 is 10.1 Å². The zero-order valence-electron chi connectivity index (χ0n) is 16.2. The van der Waals surface area contributed by atoms with Crippen LogP contribution in [0.15, 0.2) is 24.3 Å². The molecule has 3 rings (SSSR count). The van der Waals surface area contributed by atoms with Gasteiger partial charge in [0.2, 0.25) is 0 Å². The molecule has 1 aliphatic rings. The van der Waals surface area contributed by atoms with Gasteiger partial charge in [0.15, 0.2) is 12.2 Å². The summed E-state index contributed by atoms with van der Waals surface area (Å²) in [5.74, 6) is -1.36. The molecule has 1 heterocycles. The van der Waals surface area contributed by atoms with E-state index in [1.165, 1.54) is 49.4 Å². The molecule has 1 N–H and O–H groups in total. The molecule has 1 aromatic heterocycles. The van der Waals surface area contributed by atoms with E-state index in [1.807, 2.05) is 0 Å². The van der Waals surface area contributed by atoms with E-state index >= 15 is 0 Å². The number of nitrogens with one attached hydrogen (secondary N) is 1. The summed E-state index contributed by atoms with van der Waals surface area (Å²) in [6, 6.07) is 7.41. The molecule has 0 saturated carbocycles. The molecule has 0 bridgehead atoms. The highest BCUT2D eigenvalue weighted by Crippen LogP contribution is 2.37. The maximum Gasteiger partial charge on any atom is 0.350 e. The summed E-state index contributed by atoms with van der Waals surface area (Å²) in [6.45, 7) is 2.50. The Bertz CT molecular complexity index is 960. The number of hydrogen-bond acceptors (Lipinski definition) is 6. The second-order valence-corrected chi connectivity index (χ2v) is 8.32. The molecule has 152 valence electrons. The topological polar surface area (TPSA) is 88.4 Å². The van der Waals surface area contributed by atoms with Crippen LogP contribution in [0.25, 0.3) is 0 Å². The molecule has 1 aromatic carbocycles. The number of thiophene rings is 1. The number of aryl methyl sites for hydroxylation is 1. The lowest BCUT2D eigenvalue weighted by Gasteiger charge is -2.24. The van der Waals surface area contributed by atoms with Crippen LogP contribution in [0, 0.1) is 17.1 Å². The number of anilines is 1. The molecule has 1 amide bonds. The zero-order chi connectivity index (χ0) is 21.0. The maximum absolute atomic E-state index is 13.0. The number of nitrogens with zero attached hydrogens (tertiary/aromatic N) is 1. The van der Waals surface area contributed by atoms with Gasteiger partial charge in [-0.3, -0.25) is 4.79 Å². The fourth-order valence-corrected chi connectivity index (χ4v) is 4.33. The summed E-state index contributed by atoms with van der Waals surface area (Å²) in [5.41, 5.74) is 0.159. The third kappa shape index (κ3) is 4.93. The SMILES string of the molecule is CC(C)(Oc1ccc(F)cc1)C(=O)OCC(=O)Nc1sc2c(c1C#N)CCCC2. The van der Waals surface area contributed by atoms with E-state index in [2.05, 4.69) is 11.4 Å². The van der Waals surface area contributed by atoms with Gasteiger partial charge in [-0.2, -0.15) is 5.26 Å². The van der Waals surface area contributed by atoms with Crippen molar-refractivity contribution in [3.8, 4) is 11.8 Å². The lowest BCUT2D eigenvalue weighted by molar-refractivity contribution is -0.161. The number of rotatable bonds is 6. The average Bonchev–Trinajstić information content (AvgIpc) is 3.04. The van der Waals surface area contributed by atoms with E-state index < -0.39 is 29.9 Å². The normalized spacial score (nSPS) is 13.2. The van der Waals surface area contributed by atoms with Gasteiger partial charge >= 0.3 is 5.97 Å². The fourth-order valence-electron chi connectivity index (χ4n) is 3.08. The maximum atomic E-state index is 13.0. The Morgan fingerprint density at radius 1 is 1.24 bits per heavy atom. The summed E-state index contributed by atoms with van der Waals surface area (Å²) in [4.78, 5) is 25.7. The molecule has 29 heavy (non-hydrogen) atoms. The lowest BCUT2D eigenvalue weighted by atomic mass is 9.96. The molecule has 2 aromatic rings. The first-order valence-corrected chi connectivity index (χ1v) is 10.1. The molecule has 0 atom stereocenters. The number of halogens is 1. The Morgan fingerprint density at radius 3 is 2.62 bits per heavy atom. The van der Waals surface area contributed by atoms with Crippen LogP contribution in [0.3, 0.4) is 0 Å². The lowest BCUT2D eigenvalue weighted by Crippen LogP contribution is -2.41. The van der Waals surface area contributed by atoms with Crippen molar-refractivity contribution in [1.29, 1.82) is 5.26 Å². The number of benzene rings is 1. The highest BCUT2D eigenvalue weighted by atomic mass is 32.1. The number of nitriles is 1. The summed E-state index contributed by atoms with van der Waals surface area (Å²) < 4.78 is 23.6. The monoisotopic (exact) mass is 416 g/mol. The minimum absolute atomic E-state index is 0.306. The summed E-state index contributed by atoms with van der Waals surface area (Å²) in [5, 5.41) is 12.6. The zero-order valence-corrected chi connectivity index (χ0v) is 17.0. The van der Waals surface area contributed by atoms with Crippen molar-refractivity contribution < 1.29 is 23.5 Å². The van der Waals surface area contributed by atoms with Gasteiger partial charge in [-0.25, -0.2) is 9.18 Å². The molecule has 0 saturated heterocycles. The molecule has 0 spiro atoms. The van der Waals surface area contributed by atoms with Crippen LogP contribution in [-0.2, 0) is 27.2 Å². The number of carbonyl (C=O) groups excluding carboxylic acids is 2. The molecule has 1 aliphatic carbocycles. The van der Waals surface area contributed by atoms with Crippen LogP contribution in [0.4, 0.5) is 9.39 Å². The molecular weight excluding hydrogens is 395 g/mol. The third-order valence-electron chi connectivity index (χ3n) is 4.55. The van der Waals surface area contributed by atoms with Gasteiger partial charge in [0, 0.05) is 4.88 Å². The fraction of sp³-hybridized carbons (Fsp3) is 0.381. The number of carbonyl (C=O) groups is 2. The van der Waals surface area contributed by atoms with Gasteiger partial charge in [0.1, 0.15) is 22.6 Å². The van der Waals surface area contributed by atoms with Crippen LogP contribution in [0.2, 0.25) is 0 Å². The Morgan fingerprint density at radius 2 is 1.93 bits per heavy atom. The van der Waals surface area contributed by atoms with Gasteiger partial charge in [0.05, 0.1) is 5.56 Å². The summed E-state index contributed by atoms with van der Waals surface area (Å²) in [7, 11) is 0. The number of hydrogen-bond donors (Lipinski definition) is 1. The largest absolute Gasteiger partial charge is 0.476 e. The molecule has 8 heteroatoms. The molecule has 0 fully saturated rings. The number of fused-ring (bicyclic) bond motifs is 1. The van der Waals surface area contributed by atoms with Crippen LogP contribution in [0.5, 0.6) is 5.75 Å². The minimum atomic E-state index is -1.36. The standard InChI is InChI=1S/C21H21FN2O4S/c1-21(2,28-14-9-7-13(22)8-10-14)20(26)27-12-18(25)24-19-16(11-23)15-5-3-4-6-17(15)29-19/h7-10H,3-6,12H2,1-2H3,(H,24,25). The van der Waals surface area contributed by atoms with Crippen LogP contribution >= 0.6 is 11.3 Å². The number of amides is 1. The van der Waals surface area contributed by atoms with E-state index in [0.29, 0.717) is 16.3 Å². The smallest absolute Gasteiger partial charge is 0.350 e. The first-order valence-electron chi connectivity index (χ1n) is 9.26. The molecule has 0 radical (unpaired) electrons. The van der Waals surface area contributed by atoms with Crippen molar-refractivity contribution in [3.05, 3.63) is 46.1 Å². The second kappa shape index (κ2) is 8.62. The van der Waals surface area contributed by atoms with Gasteiger partial charge in [-0.1, -0.05) is 0 Å². The summed E-state index contributed by atoms with van der Waals surface area (Å²) in [6.07, 6.45) is 3.86. The van der Waals surface area contributed by atoms with Gasteiger partial charge < -0.3 is 14.8 Å². The van der Waals surface area contributed by atoms with Gasteiger partial charge in [-0.05, 0) is 69.4 Å². The van der Waals surface area contributed by atoms with Crippen molar-refractivity contribution in [2.75, 3.05) is 11.9 Å². The van der Waals surface area contributed by atoms with E-state index in [0.717, 1.165) is 36.1 Å². The second-order valence-electron chi connectivity index (χ2n) is 7.22. The molecular formula is C21H21FN2O4S. The Labute approximate surface area is 172 Å². The first-order chi connectivity index (χ1) is 13.8. The van der Waals surface area contributed by atoms with Crippen molar-refractivity contribution in [1.82, 2.24) is 0 Å². The van der Waals surface area contributed by atoms with Gasteiger partial charge in [-0.15, -0.1) is 11.3 Å². The van der Waals surface area contributed by atoms with Crippen LogP contribution in [-0.4, -0.2) is 24.1 Å². The van der Waals surface area contributed by atoms with Crippen molar-refractivity contribution in [2.45, 2.75) is 45.1 Å². The Kier molecular flexibility index (Phi) is 6.18. The minimum Gasteiger partial charge on any atom is -0.476 e. The van der Waals surface area contributed by atoms with E-state index in [9.17, 15) is 19.2 Å². The quantitative estimate of drug-likeness (QED) is 0.720. The highest BCUT2D eigenvalue weighted by molar-refractivity contribution is 7.16. The van der Waals surface area contributed by atoms with Gasteiger partial charge in [0.25, 0.3) is 5.91 Å². The molecule has 6 nitrogen and oxygen atoms in total. The van der Waals surface area contributed by atoms with Crippen LogP contribution in [0.1, 0.15) is 42.7 Å². The molecule has 0 aliphatic heterocycles. The van der Waals surface area contributed by atoms with E-state index in [4.69, 9.17) is 9.47 Å². The first kappa shape index (κ1) is 20.8.